The molecule has 5 unspecified atom stereocenters. The van der Waals surface area contributed by atoms with E-state index in [4.69, 9.17) is 10.5 Å². The van der Waals surface area contributed by atoms with Gasteiger partial charge in [-0.05, 0) is 36.7 Å². The predicted molar refractivity (Wildman–Crippen MR) is 93.5 cm³/mol. The minimum atomic E-state index is -0.0664. The maximum absolute atomic E-state index is 13.3. The van der Waals surface area contributed by atoms with E-state index < -0.39 is 0 Å². The van der Waals surface area contributed by atoms with Gasteiger partial charge in [0.05, 0.1) is 12.5 Å². The maximum Gasteiger partial charge on any atom is 0.227 e. The smallest absolute Gasteiger partial charge is 0.227 e. The third-order valence-corrected chi connectivity index (χ3v) is 6.46. The Labute approximate surface area is 144 Å². The van der Waals surface area contributed by atoms with Gasteiger partial charge in [-0.25, -0.2) is 0 Å². The van der Waals surface area contributed by atoms with Crippen LogP contribution >= 0.6 is 0 Å². The van der Waals surface area contributed by atoms with Crippen molar-refractivity contribution in [2.45, 2.75) is 37.6 Å². The van der Waals surface area contributed by atoms with Crippen molar-refractivity contribution in [2.24, 2.45) is 23.5 Å². The van der Waals surface area contributed by atoms with Crippen LogP contribution in [-0.4, -0.2) is 43.2 Å². The van der Waals surface area contributed by atoms with Crippen LogP contribution in [0.25, 0.3) is 0 Å². The normalized spacial score (nSPS) is 33.6. The maximum atomic E-state index is 13.3. The quantitative estimate of drug-likeness (QED) is 0.923. The lowest BCUT2D eigenvalue weighted by molar-refractivity contribution is -0.138. The summed E-state index contributed by atoms with van der Waals surface area (Å²) in [4.78, 5) is 15.5. The van der Waals surface area contributed by atoms with Crippen molar-refractivity contribution < 1.29 is 9.53 Å². The largest absolute Gasteiger partial charge is 0.381 e. The number of hydrogen-bond donors (Lipinski definition) is 1. The Hall–Kier alpha value is -1.39. The molecule has 4 heteroatoms. The third kappa shape index (κ3) is 2.76. The number of ether oxygens (including phenoxy) is 1. The lowest BCUT2D eigenvalue weighted by Gasteiger charge is -2.30. The number of carbonyl (C=O) groups excluding carboxylic acids is 1. The van der Waals surface area contributed by atoms with E-state index in [0.717, 1.165) is 26.0 Å². The highest BCUT2D eigenvalue weighted by Crippen LogP contribution is 2.47. The molecular weight excluding hydrogens is 300 g/mol. The topological polar surface area (TPSA) is 55.6 Å². The summed E-state index contributed by atoms with van der Waals surface area (Å²) < 4.78 is 5.50. The molecule has 2 saturated heterocycles. The average Bonchev–Trinajstić information content (AvgIpc) is 3.34. The van der Waals surface area contributed by atoms with Crippen LogP contribution < -0.4 is 5.73 Å². The van der Waals surface area contributed by atoms with E-state index in [9.17, 15) is 4.79 Å². The third-order valence-electron chi connectivity index (χ3n) is 6.46. The average molecular weight is 328 g/mol. The number of likely N-dealkylation sites (tertiary alicyclic amines) is 1. The Kier molecular flexibility index (Phi) is 4.59. The van der Waals surface area contributed by atoms with Gasteiger partial charge >= 0.3 is 0 Å². The second-order valence-electron chi connectivity index (χ2n) is 7.64. The second kappa shape index (κ2) is 6.85. The van der Waals surface area contributed by atoms with Gasteiger partial charge in [-0.15, -0.1) is 0 Å². The molecule has 1 saturated carbocycles. The number of rotatable bonds is 4. The summed E-state index contributed by atoms with van der Waals surface area (Å²) in [5.41, 5.74) is 7.39. The van der Waals surface area contributed by atoms with E-state index in [2.05, 4.69) is 35.2 Å². The van der Waals surface area contributed by atoms with Crippen molar-refractivity contribution in [2.75, 3.05) is 26.3 Å². The minimum Gasteiger partial charge on any atom is -0.381 e. The van der Waals surface area contributed by atoms with Crippen LogP contribution in [0.2, 0.25) is 0 Å². The minimum absolute atomic E-state index is 0.0664. The molecule has 4 rings (SSSR count). The fraction of sp³-hybridized carbons (Fsp3) is 0.650. The predicted octanol–water partition coefficient (Wildman–Crippen LogP) is 2.39. The van der Waals surface area contributed by atoms with Gasteiger partial charge in [-0.3, -0.25) is 4.79 Å². The first kappa shape index (κ1) is 16.1. The highest BCUT2D eigenvalue weighted by atomic mass is 16.5. The number of benzene rings is 1. The van der Waals surface area contributed by atoms with E-state index in [1.165, 1.54) is 18.4 Å². The van der Waals surface area contributed by atoms with Gasteiger partial charge in [0.1, 0.15) is 0 Å². The fourth-order valence-electron chi connectivity index (χ4n) is 5.19. The summed E-state index contributed by atoms with van der Waals surface area (Å²) in [6.07, 6.45) is 4.60. The first-order valence-corrected chi connectivity index (χ1v) is 9.43. The number of nitrogens with zero attached hydrogens (tertiary/aromatic N) is 1. The van der Waals surface area contributed by atoms with Crippen molar-refractivity contribution >= 4 is 5.91 Å². The summed E-state index contributed by atoms with van der Waals surface area (Å²) in [6, 6.07) is 11.2. The lowest BCUT2D eigenvalue weighted by atomic mass is 9.86. The Morgan fingerprint density at radius 3 is 2.79 bits per heavy atom. The van der Waals surface area contributed by atoms with Gasteiger partial charge < -0.3 is 15.4 Å². The summed E-state index contributed by atoms with van der Waals surface area (Å²) in [5.74, 6) is 1.63. The van der Waals surface area contributed by atoms with Gasteiger partial charge in [0.25, 0.3) is 0 Å². The van der Waals surface area contributed by atoms with Crippen LogP contribution in [0.4, 0.5) is 0 Å². The number of carbonyl (C=O) groups is 1. The van der Waals surface area contributed by atoms with E-state index in [1.54, 1.807) is 0 Å². The molecule has 1 amide bonds. The zero-order valence-electron chi connectivity index (χ0n) is 14.3. The number of hydrogen-bond acceptors (Lipinski definition) is 3. The molecule has 5 atom stereocenters. The molecule has 0 aromatic heterocycles. The molecule has 1 aliphatic carbocycles. The highest BCUT2D eigenvalue weighted by Gasteiger charge is 2.48. The van der Waals surface area contributed by atoms with Gasteiger partial charge in [-0.2, -0.15) is 0 Å². The Morgan fingerprint density at radius 2 is 2.08 bits per heavy atom. The molecule has 2 heterocycles. The molecule has 3 aliphatic rings. The Bertz CT molecular complexity index is 570. The van der Waals surface area contributed by atoms with Crippen LogP contribution in [0.1, 0.15) is 37.2 Å². The molecule has 24 heavy (non-hydrogen) atoms. The molecule has 2 aliphatic heterocycles. The van der Waals surface area contributed by atoms with Crippen molar-refractivity contribution in [3.63, 3.8) is 0 Å². The summed E-state index contributed by atoms with van der Waals surface area (Å²) >= 11 is 0. The second-order valence-corrected chi connectivity index (χ2v) is 7.64. The standard InChI is InChI=1S/C20H28N2O2/c21-11-17(15-9-10-24-13-15)20(23)22-12-18(14-5-2-1-3-6-14)16-7-4-8-19(16)22/h1-3,5-6,15-19H,4,7-13,21H2. The molecule has 4 nitrogen and oxygen atoms in total. The van der Waals surface area contributed by atoms with Crippen LogP contribution in [-0.2, 0) is 9.53 Å². The van der Waals surface area contributed by atoms with Crippen molar-refractivity contribution in [1.29, 1.82) is 0 Å². The fourth-order valence-corrected chi connectivity index (χ4v) is 5.19. The van der Waals surface area contributed by atoms with Gasteiger partial charge in [0.15, 0.2) is 0 Å². The summed E-state index contributed by atoms with van der Waals surface area (Å²) in [5, 5.41) is 0. The summed E-state index contributed by atoms with van der Waals surface area (Å²) in [7, 11) is 0. The van der Waals surface area contributed by atoms with E-state index in [1.807, 2.05) is 0 Å². The summed E-state index contributed by atoms with van der Waals surface area (Å²) in [6.45, 7) is 2.77. The number of amides is 1. The number of fused-ring (bicyclic) bond motifs is 1. The molecule has 0 radical (unpaired) electrons. The van der Waals surface area contributed by atoms with Gasteiger partial charge in [0, 0.05) is 31.7 Å². The Morgan fingerprint density at radius 1 is 1.25 bits per heavy atom. The number of nitrogens with two attached hydrogens (primary N) is 1. The van der Waals surface area contributed by atoms with E-state index in [-0.39, 0.29) is 11.8 Å². The van der Waals surface area contributed by atoms with Crippen molar-refractivity contribution in [1.82, 2.24) is 4.90 Å². The van der Waals surface area contributed by atoms with E-state index in [0.29, 0.717) is 36.9 Å². The molecular formula is C20H28N2O2. The molecule has 0 spiro atoms. The first-order valence-electron chi connectivity index (χ1n) is 9.43. The molecule has 1 aromatic rings. The zero-order chi connectivity index (χ0) is 16.5. The zero-order valence-corrected chi connectivity index (χ0v) is 14.3. The highest BCUT2D eigenvalue weighted by molar-refractivity contribution is 5.80. The van der Waals surface area contributed by atoms with Crippen LogP contribution in [0.3, 0.4) is 0 Å². The Balaban J connectivity index is 1.55. The molecule has 130 valence electrons. The van der Waals surface area contributed by atoms with E-state index >= 15 is 0 Å². The molecule has 3 fully saturated rings. The van der Waals surface area contributed by atoms with Gasteiger partial charge in [-0.1, -0.05) is 36.8 Å². The molecule has 1 aromatic carbocycles. The van der Waals surface area contributed by atoms with Crippen LogP contribution in [0.15, 0.2) is 30.3 Å². The van der Waals surface area contributed by atoms with Crippen LogP contribution in [0.5, 0.6) is 0 Å². The first-order chi connectivity index (χ1) is 11.8. The monoisotopic (exact) mass is 328 g/mol. The SMILES string of the molecule is NCC(C(=O)N1CC(c2ccccc2)C2CCCC21)C1CCOC1. The van der Waals surface area contributed by atoms with Crippen LogP contribution in [0, 0.1) is 17.8 Å². The van der Waals surface area contributed by atoms with Gasteiger partial charge in [0.2, 0.25) is 5.91 Å². The lowest BCUT2D eigenvalue weighted by Crippen LogP contribution is -2.45. The molecule has 2 N–H and O–H groups in total. The van der Waals surface area contributed by atoms with Crippen molar-refractivity contribution in [3.05, 3.63) is 35.9 Å². The molecule has 0 bridgehead atoms. The van der Waals surface area contributed by atoms with Crippen molar-refractivity contribution in [3.8, 4) is 0 Å².